The van der Waals surface area contributed by atoms with Gasteiger partial charge in [0.05, 0.1) is 19.0 Å². The summed E-state index contributed by atoms with van der Waals surface area (Å²) in [5.74, 6) is -1.27. The quantitative estimate of drug-likeness (QED) is 0.854. The highest BCUT2D eigenvalue weighted by atomic mass is 16.5. The Morgan fingerprint density at radius 1 is 1.20 bits per heavy atom. The molecule has 0 spiro atoms. The van der Waals surface area contributed by atoms with E-state index in [0.717, 1.165) is 5.69 Å². The van der Waals surface area contributed by atoms with E-state index >= 15 is 0 Å². The summed E-state index contributed by atoms with van der Waals surface area (Å²) in [6, 6.07) is 9.32. The van der Waals surface area contributed by atoms with Crippen molar-refractivity contribution in [2.75, 3.05) is 20.2 Å². The molecule has 1 aliphatic heterocycles. The first-order chi connectivity index (χ1) is 11.9. The lowest BCUT2D eigenvalue weighted by Gasteiger charge is -2.35. The van der Waals surface area contributed by atoms with Gasteiger partial charge in [-0.3, -0.25) is 4.79 Å². The second-order valence-electron chi connectivity index (χ2n) is 5.96. The Kier molecular flexibility index (Phi) is 4.45. The number of benzene rings is 1. The average molecular weight is 345 g/mol. The molecule has 0 radical (unpaired) electrons. The largest absolute Gasteiger partial charge is 0.493 e. The number of aromatic nitrogens is 2. The topological polar surface area (TPSA) is 105 Å². The SMILES string of the molecule is COc1cn(-c2ccccc2)nc1C(=O)N1CCC(O)(C(=O)O)CC1. The first kappa shape index (κ1) is 17.0. The molecule has 1 aromatic carbocycles. The van der Waals surface area contributed by atoms with Crippen LogP contribution in [-0.2, 0) is 4.79 Å². The number of carbonyl (C=O) groups is 2. The molecule has 1 aliphatic rings. The number of para-hydroxylation sites is 1. The number of hydrogen-bond donors (Lipinski definition) is 2. The molecule has 2 heterocycles. The third-order valence-corrected chi connectivity index (χ3v) is 4.40. The summed E-state index contributed by atoms with van der Waals surface area (Å²) >= 11 is 0. The molecular weight excluding hydrogens is 326 g/mol. The molecule has 0 atom stereocenters. The summed E-state index contributed by atoms with van der Waals surface area (Å²) < 4.78 is 6.82. The first-order valence-corrected chi connectivity index (χ1v) is 7.89. The van der Waals surface area contributed by atoms with Gasteiger partial charge in [-0.1, -0.05) is 18.2 Å². The van der Waals surface area contributed by atoms with Crippen molar-refractivity contribution in [2.45, 2.75) is 18.4 Å². The van der Waals surface area contributed by atoms with E-state index in [4.69, 9.17) is 9.84 Å². The minimum atomic E-state index is -1.77. The number of rotatable bonds is 4. The summed E-state index contributed by atoms with van der Waals surface area (Å²) in [6.07, 6.45) is 1.59. The van der Waals surface area contributed by atoms with E-state index in [1.165, 1.54) is 12.0 Å². The summed E-state index contributed by atoms with van der Waals surface area (Å²) in [5, 5.41) is 23.4. The number of amides is 1. The molecule has 8 heteroatoms. The summed E-state index contributed by atoms with van der Waals surface area (Å²) in [7, 11) is 1.46. The number of carboxylic acid groups (broad SMARTS) is 1. The lowest BCUT2D eigenvalue weighted by atomic mass is 9.91. The number of piperidine rings is 1. The smallest absolute Gasteiger partial charge is 0.335 e. The highest BCUT2D eigenvalue weighted by molar-refractivity contribution is 5.95. The van der Waals surface area contributed by atoms with Gasteiger partial charge in [-0.25, -0.2) is 9.48 Å². The maximum absolute atomic E-state index is 12.7. The van der Waals surface area contributed by atoms with E-state index in [-0.39, 0.29) is 37.5 Å². The molecule has 8 nitrogen and oxygen atoms in total. The number of aliphatic carboxylic acids is 1. The number of aliphatic hydroxyl groups is 1. The second-order valence-corrected chi connectivity index (χ2v) is 5.96. The highest BCUT2D eigenvalue weighted by Crippen LogP contribution is 2.26. The number of likely N-dealkylation sites (tertiary alicyclic amines) is 1. The van der Waals surface area contributed by atoms with Crippen molar-refractivity contribution in [3.05, 3.63) is 42.2 Å². The average Bonchev–Trinajstić information content (AvgIpc) is 3.07. The van der Waals surface area contributed by atoms with Crippen molar-refractivity contribution in [1.82, 2.24) is 14.7 Å². The first-order valence-electron chi connectivity index (χ1n) is 7.89. The molecule has 1 saturated heterocycles. The fourth-order valence-electron chi connectivity index (χ4n) is 2.81. The Hall–Kier alpha value is -2.87. The van der Waals surface area contributed by atoms with Crippen molar-refractivity contribution in [2.24, 2.45) is 0 Å². The Balaban J connectivity index is 1.81. The van der Waals surface area contributed by atoms with Gasteiger partial charge in [0.1, 0.15) is 0 Å². The van der Waals surface area contributed by atoms with E-state index in [9.17, 15) is 14.7 Å². The molecule has 1 aromatic heterocycles. The number of carbonyl (C=O) groups excluding carboxylic acids is 1. The molecule has 1 fully saturated rings. The molecule has 0 aliphatic carbocycles. The fourth-order valence-corrected chi connectivity index (χ4v) is 2.81. The van der Waals surface area contributed by atoms with E-state index in [0.29, 0.717) is 5.75 Å². The lowest BCUT2D eigenvalue weighted by Crippen LogP contribution is -2.50. The normalized spacial score (nSPS) is 16.5. The van der Waals surface area contributed by atoms with Gasteiger partial charge in [-0.05, 0) is 12.1 Å². The molecule has 3 rings (SSSR count). The van der Waals surface area contributed by atoms with Crippen molar-refractivity contribution in [3.63, 3.8) is 0 Å². The van der Waals surface area contributed by atoms with Gasteiger partial charge >= 0.3 is 5.97 Å². The zero-order chi connectivity index (χ0) is 18.0. The molecule has 132 valence electrons. The Morgan fingerprint density at radius 3 is 2.40 bits per heavy atom. The molecule has 0 unspecified atom stereocenters. The third kappa shape index (κ3) is 3.20. The fraction of sp³-hybridized carbons (Fsp3) is 0.353. The Labute approximate surface area is 144 Å². The van der Waals surface area contributed by atoms with Crippen LogP contribution in [0.4, 0.5) is 0 Å². The predicted molar refractivity (Wildman–Crippen MR) is 87.8 cm³/mol. The van der Waals surface area contributed by atoms with Crippen LogP contribution in [0.1, 0.15) is 23.3 Å². The number of carboxylic acids is 1. The van der Waals surface area contributed by atoms with Gasteiger partial charge in [0.15, 0.2) is 17.0 Å². The van der Waals surface area contributed by atoms with Gasteiger partial charge in [0.25, 0.3) is 5.91 Å². The lowest BCUT2D eigenvalue weighted by molar-refractivity contribution is -0.162. The minimum Gasteiger partial charge on any atom is -0.493 e. The maximum Gasteiger partial charge on any atom is 0.335 e. The van der Waals surface area contributed by atoms with Gasteiger partial charge < -0.3 is 19.8 Å². The van der Waals surface area contributed by atoms with Crippen LogP contribution in [0.15, 0.2) is 36.5 Å². The van der Waals surface area contributed by atoms with E-state index in [1.807, 2.05) is 30.3 Å². The van der Waals surface area contributed by atoms with Gasteiger partial charge in [0, 0.05) is 25.9 Å². The standard InChI is InChI=1S/C17H19N3O5/c1-25-13-11-20(12-5-3-2-4-6-12)18-14(13)15(21)19-9-7-17(24,8-10-19)16(22)23/h2-6,11,24H,7-10H2,1H3,(H,22,23). The zero-order valence-electron chi connectivity index (χ0n) is 13.8. The van der Waals surface area contributed by atoms with Crippen molar-refractivity contribution < 1.29 is 24.5 Å². The van der Waals surface area contributed by atoms with E-state index in [1.54, 1.807) is 10.9 Å². The molecule has 0 saturated carbocycles. The van der Waals surface area contributed by atoms with Crippen LogP contribution in [0.5, 0.6) is 5.75 Å². The monoisotopic (exact) mass is 345 g/mol. The molecule has 1 amide bonds. The van der Waals surface area contributed by atoms with Crippen LogP contribution in [-0.4, -0.2) is 62.6 Å². The van der Waals surface area contributed by atoms with Gasteiger partial charge in [-0.2, -0.15) is 5.10 Å². The molecule has 25 heavy (non-hydrogen) atoms. The van der Waals surface area contributed by atoms with Crippen molar-refractivity contribution in [3.8, 4) is 11.4 Å². The Bertz CT molecular complexity index is 779. The number of nitrogens with zero attached hydrogens (tertiary/aromatic N) is 3. The van der Waals surface area contributed by atoms with Crippen LogP contribution >= 0.6 is 0 Å². The van der Waals surface area contributed by atoms with Crippen LogP contribution in [0.3, 0.4) is 0 Å². The maximum atomic E-state index is 12.7. The summed E-state index contributed by atoms with van der Waals surface area (Å²) in [5.41, 5.74) is -0.824. The van der Waals surface area contributed by atoms with Crippen LogP contribution in [0.25, 0.3) is 5.69 Å². The summed E-state index contributed by atoms with van der Waals surface area (Å²) in [4.78, 5) is 25.3. The number of methoxy groups -OCH3 is 1. The molecule has 2 aromatic rings. The molecule has 2 N–H and O–H groups in total. The number of ether oxygens (including phenoxy) is 1. The van der Waals surface area contributed by atoms with Gasteiger partial charge in [-0.15, -0.1) is 0 Å². The van der Waals surface area contributed by atoms with E-state index < -0.39 is 11.6 Å². The molecular formula is C17H19N3O5. The van der Waals surface area contributed by atoms with Crippen LogP contribution in [0, 0.1) is 0 Å². The number of hydrogen-bond acceptors (Lipinski definition) is 5. The summed E-state index contributed by atoms with van der Waals surface area (Å²) in [6.45, 7) is 0.284. The second kappa shape index (κ2) is 6.56. The van der Waals surface area contributed by atoms with Crippen molar-refractivity contribution in [1.29, 1.82) is 0 Å². The minimum absolute atomic E-state index is 0.0181. The Morgan fingerprint density at radius 2 is 1.84 bits per heavy atom. The van der Waals surface area contributed by atoms with Crippen molar-refractivity contribution >= 4 is 11.9 Å². The van der Waals surface area contributed by atoms with Crippen LogP contribution in [0.2, 0.25) is 0 Å². The third-order valence-electron chi connectivity index (χ3n) is 4.40. The van der Waals surface area contributed by atoms with E-state index in [2.05, 4.69) is 5.10 Å². The van der Waals surface area contributed by atoms with Crippen LogP contribution < -0.4 is 4.74 Å². The van der Waals surface area contributed by atoms with Gasteiger partial charge in [0.2, 0.25) is 0 Å². The zero-order valence-corrected chi connectivity index (χ0v) is 13.8. The molecule has 0 bridgehead atoms. The highest BCUT2D eigenvalue weighted by Gasteiger charge is 2.41. The predicted octanol–water partition coefficient (Wildman–Crippen LogP) is 0.933.